The number of halogens is 1. The number of aryl methyl sites for hydroxylation is 3. The maximum atomic E-state index is 6.48. The Morgan fingerprint density at radius 3 is 2.11 bits per heavy atom. The van der Waals surface area contributed by atoms with Crippen molar-refractivity contribution < 1.29 is 9.15 Å². The fraction of sp³-hybridized carbons (Fsp3) is 0.333. The van der Waals surface area contributed by atoms with Crippen molar-refractivity contribution in [2.45, 2.75) is 26.1 Å². The molecule has 0 aliphatic rings. The van der Waals surface area contributed by atoms with Crippen molar-refractivity contribution in [3.8, 4) is 5.75 Å². The fourth-order valence-corrected chi connectivity index (χ4v) is 2.48. The summed E-state index contributed by atoms with van der Waals surface area (Å²) in [5, 5.41) is -0.189. The number of ether oxygens (including phenoxy) is 1. The maximum Gasteiger partial charge on any atom is 0.124 e. The maximum absolute atomic E-state index is 6.48. The van der Waals surface area contributed by atoms with Gasteiger partial charge in [-0.3, -0.25) is 0 Å². The smallest absolute Gasteiger partial charge is 0.124 e. The third-order valence-corrected chi connectivity index (χ3v) is 3.53. The van der Waals surface area contributed by atoms with Crippen LogP contribution in [0.5, 0.6) is 5.75 Å². The van der Waals surface area contributed by atoms with E-state index in [2.05, 4.69) is 12.1 Å². The number of hydrogen-bond donors (Lipinski definition) is 0. The molecule has 1 unspecified atom stereocenters. The highest BCUT2D eigenvalue weighted by atomic mass is 35.5. The van der Waals surface area contributed by atoms with Crippen LogP contribution >= 0.6 is 11.6 Å². The van der Waals surface area contributed by atoms with Crippen LogP contribution in [0, 0.1) is 20.8 Å². The quantitative estimate of drug-likeness (QED) is 0.760. The largest absolute Gasteiger partial charge is 0.496 e. The Balaban J connectivity index is 2.40. The molecule has 2 nitrogen and oxygen atoms in total. The van der Waals surface area contributed by atoms with Gasteiger partial charge in [0.25, 0.3) is 0 Å². The molecule has 0 fully saturated rings. The van der Waals surface area contributed by atoms with Crippen LogP contribution in [-0.2, 0) is 0 Å². The molecule has 1 atom stereocenters. The second kappa shape index (κ2) is 5.07. The van der Waals surface area contributed by atoms with Crippen LogP contribution in [0.1, 0.15) is 33.4 Å². The molecule has 0 spiro atoms. The number of methoxy groups -OCH3 is 1. The minimum absolute atomic E-state index is 0.189. The third-order valence-electron chi connectivity index (χ3n) is 3.02. The molecule has 0 radical (unpaired) electrons. The summed E-state index contributed by atoms with van der Waals surface area (Å²) in [6.07, 6.45) is 1.71. The van der Waals surface area contributed by atoms with Crippen LogP contribution in [-0.4, -0.2) is 7.11 Å². The van der Waals surface area contributed by atoms with E-state index >= 15 is 0 Å². The first-order valence-corrected chi connectivity index (χ1v) is 6.30. The summed E-state index contributed by atoms with van der Waals surface area (Å²) in [7, 11) is 1.69. The third kappa shape index (κ3) is 2.39. The second-order valence-electron chi connectivity index (χ2n) is 4.54. The van der Waals surface area contributed by atoms with Crippen molar-refractivity contribution in [2.75, 3.05) is 7.11 Å². The Kier molecular flexibility index (Phi) is 3.67. The van der Waals surface area contributed by atoms with E-state index in [-0.39, 0.29) is 5.38 Å². The lowest BCUT2D eigenvalue weighted by Crippen LogP contribution is -1.97. The molecule has 0 aliphatic heterocycles. The SMILES string of the molecule is COc1c(C)cc(C(Cl)c2coc(C)c2)cc1C. The van der Waals surface area contributed by atoms with Crippen LogP contribution in [0.2, 0.25) is 0 Å². The molecule has 0 saturated carbocycles. The molecular formula is C15H17ClO2. The van der Waals surface area contributed by atoms with Crippen molar-refractivity contribution in [1.29, 1.82) is 0 Å². The summed E-state index contributed by atoms with van der Waals surface area (Å²) in [5.74, 6) is 1.79. The van der Waals surface area contributed by atoms with Gasteiger partial charge in [0.05, 0.1) is 18.8 Å². The molecule has 1 aromatic carbocycles. The number of benzene rings is 1. The Labute approximate surface area is 113 Å². The lowest BCUT2D eigenvalue weighted by Gasteiger charge is -2.14. The highest BCUT2D eigenvalue weighted by Gasteiger charge is 2.15. The average Bonchev–Trinajstić information content (AvgIpc) is 2.74. The molecule has 1 aromatic heterocycles. The molecule has 1 heterocycles. The van der Waals surface area contributed by atoms with Crippen molar-refractivity contribution in [2.24, 2.45) is 0 Å². The van der Waals surface area contributed by atoms with E-state index in [0.29, 0.717) is 0 Å². The zero-order chi connectivity index (χ0) is 13.3. The van der Waals surface area contributed by atoms with E-state index in [9.17, 15) is 0 Å². The van der Waals surface area contributed by atoms with E-state index in [1.165, 1.54) is 0 Å². The zero-order valence-corrected chi connectivity index (χ0v) is 11.8. The van der Waals surface area contributed by atoms with Gasteiger partial charge >= 0.3 is 0 Å². The Hall–Kier alpha value is -1.41. The number of alkyl halides is 1. The molecule has 0 N–H and O–H groups in total. The molecule has 18 heavy (non-hydrogen) atoms. The van der Waals surface area contributed by atoms with Gasteiger partial charge in [-0.15, -0.1) is 11.6 Å². The number of rotatable bonds is 3. The van der Waals surface area contributed by atoms with E-state index in [0.717, 1.165) is 33.8 Å². The number of hydrogen-bond acceptors (Lipinski definition) is 2. The predicted molar refractivity (Wildman–Crippen MR) is 73.6 cm³/mol. The summed E-state index contributed by atoms with van der Waals surface area (Å²) in [5.41, 5.74) is 4.24. The van der Waals surface area contributed by atoms with Crippen LogP contribution in [0.15, 0.2) is 28.9 Å². The van der Waals surface area contributed by atoms with Gasteiger partial charge < -0.3 is 9.15 Å². The van der Waals surface area contributed by atoms with Gasteiger partial charge in [-0.25, -0.2) is 0 Å². The van der Waals surface area contributed by atoms with Crippen molar-refractivity contribution in [1.82, 2.24) is 0 Å². The molecule has 2 aromatic rings. The van der Waals surface area contributed by atoms with Crippen LogP contribution < -0.4 is 4.74 Å². The van der Waals surface area contributed by atoms with E-state index in [1.807, 2.05) is 26.8 Å². The minimum atomic E-state index is -0.189. The summed E-state index contributed by atoms with van der Waals surface area (Å²) in [4.78, 5) is 0. The van der Waals surface area contributed by atoms with E-state index < -0.39 is 0 Å². The molecule has 96 valence electrons. The van der Waals surface area contributed by atoms with Gasteiger partial charge in [-0.2, -0.15) is 0 Å². The topological polar surface area (TPSA) is 22.4 Å². The van der Waals surface area contributed by atoms with Crippen LogP contribution in [0.25, 0.3) is 0 Å². The normalized spacial score (nSPS) is 12.5. The first-order chi connectivity index (χ1) is 8.52. The van der Waals surface area contributed by atoms with Gasteiger partial charge in [0.1, 0.15) is 11.5 Å². The summed E-state index contributed by atoms with van der Waals surface area (Å²) in [6, 6.07) is 6.09. The lowest BCUT2D eigenvalue weighted by molar-refractivity contribution is 0.408. The second-order valence-corrected chi connectivity index (χ2v) is 4.98. The summed E-state index contributed by atoms with van der Waals surface area (Å²) >= 11 is 6.48. The molecule has 0 aliphatic carbocycles. The van der Waals surface area contributed by atoms with Crippen LogP contribution in [0.3, 0.4) is 0 Å². The zero-order valence-electron chi connectivity index (χ0n) is 11.1. The van der Waals surface area contributed by atoms with E-state index in [4.69, 9.17) is 20.8 Å². The Bertz CT molecular complexity index is 534. The Morgan fingerprint density at radius 2 is 1.67 bits per heavy atom. The molecule has 0 saturated heterocycles. The van der Waals surface area contributed by atoms with Crippen molar-refractivity contribution in [3.05, 3.63) is 52.5 Å². The molecule has 2 rings (SSSR count). The minimum Gasteiger partial charge on any atom is -0.496 e. The summed E-state index contributed by atoms with van der Waals surface area (Å²) in [6.45, 7) is 5.97. The highest BCUT2D eigenvalue weighted by molar-refractivity contribution is 6.22. The molecule has 3 heteroatoms. The van der Waals surface area contributed by atoms with Gasteiger partial charge in [0, 0.05) is 5.56 Å². The standard InChI is InChI=1S/C15H17ClO2/c1-9-5-12(6-10(2)15(9)17-4)14(16)13-7-11(3)18-8-13/h5-8,14H,1-4H3. The first kappa shape index (κ1) is 13.0. The van der Waals surface area contributed by atoms with E-state index in [1.54, 1.807) is 13.4 Å². The molecular weight excluding hydrogens is 248 g/mol. The van der Waals surface area contributed by atoms with Gasteiger partial charge in [-0.1, -0.05) is 12.1 Å². The average molecular weight is 265 g/mol. The molecule has 0 bridgehead atoms. The fourth-order valence-electron chi connectivity index (χ4n) is 2.24. The van der Waals surface area contributed by atoms with Gasteiger partial charge in [0.2, 0.25) is 0 Å². The summed E-state index contributed by atoms with van der Waals surface area (Å²) < 4.78 is 10.7. The van der Waals surface area contributed by atoms with Crippen LogP contribution in [0.4, 0.5) is 0 Å². The molecule has 0 amide bonds. The van der Waals surface area contributed by atoms with Gasteiger partial charge in [-0.05, 0) is 43.5 Å². The monoisotopic (exact) mass is 264 g/mol. The lowest BCUT2D eigenvalue weighted by atomic mass is 10.0. The van der Waals surface area contributed by atoms with Gasteiger partial charge in [0.15, 0.2) is 0 Å². The highest BCUT2D eigenvalue weighted by Crippen LogP contribution is 2.34. The predicted octanol–water partition coefficient (Wildman–Crippen LogP) is 4.54. The number of furan rings is 1. The van der Waals surface area contributed by atoms with Crippen molar-refractivity contribution in [3.63, 3.8) is 0 Å². The Morgan fingerprint density at radius 1 is 1.06 bits per heavy atom. The van der Waals surface area contributed by atoms with Crippen molar-refractivity contribution >= 4 is 11.6 Å². The first-order valence-electron chi connectivity index (χ1n) is 5.87.